The van der Waals surface area contributed by atoms with E-state index in [2.05, 4.69) is 38.8 Å². The van der Waals surface area contributed by atoms with Crippen molar-refractivity contribution in [2.45, 2.75) is 19.4 Å². The van der Waals surface area contributed by atoms with E-state index in [1.807, 2.05) is 47.0 Å². The van der Waals surface area contributed by atoms with Crippen molar-refractivity contribution < 1.29 is 4.74 Å². The smallest absolute Gasteiger partial charge is 0.191 e. The normalized spacial score (nSPS) is 12.3. The molecule has 8 heteroatoms. The standard InChI is InChI=1S/C19H24N6O.HI/c1-14(15-8-4-5-9-16(15)26-3)12-21-19(20-2)22-13-18-24-23-17-10-6-7-11-25(17)18;/h4-11,14H,12-13H2,1-3H3,(H2,20,21,22);1H. The molecule has 2 N–H and O–H groups in total. The van der Waals surface area contributed by atoms with Crippen LogP contribution in [-0.2, 0) is 6.54 Å². The molecule has 3 rings (SSSR count). The minimum absolute atomic E-state index is 0. The van der Waals surface area contributed by atoms with Crippen molar-refractivity contribution in [1.82, 2.24) is 25.2 Å². The minimum atomic E-state index is 0. The predicted octanol–water partition coefficient (Wildman–Crippen LogP) is 2.82. The summed E-state index contributed by atoms with van der Waals surface area (Å²) in [7, 11) is 3.45. The van der Waals surface area contributed by atoms with Crippen LogP contribution >= 0.6 is 24.0 Å². The SMILES string of the molecule is CN=C(NCc1nnc2ccccn12)NCC(C)c1ccccc1OC.I. The Bertz CT molecular complexity index is 895. The topological polar surface area (TPSA) is 75.8 Å². The zero-order valence-electron chi connectivity index (χ0n) is 15.7. The largest absolute Gasteiger partial charge is 0.496 e. The van der Waals surface area contributed by atoms with Crippen LogP contribution in [0.1, 0.15) is 24.2 Å². The van der Waals surface area contributed by atoms with Crippen LogP contribution in [0.2, 0.25) is 0 Å². The van der Waals surface area contributed by atoms with Crippen LogP contribution in [0.15, 0.2) is 53.7 Å². The first kappa shape index (κ1) is 20.9. The molecular weight excluding hydrogens is 455 g/mol. The number of aromatic nitrogens is 3. The molecule has 2 aromatic heterocycles. The minimum Gasteiger partial charge on any atom is -0.496 e. The summed E-state index contributed by atoms with van der Waals surface area (Å²) in [6, 6.07) is 13.9. The van der Waals surface area contributed by atoms with Gasteiger partial charge in [-0.1, -0.05) is 31.2 Å². The number of guanidine groups is 1. The fourth-order valence-electron chi connectivity index (χ4n) is 2.83. The lowest BCUT2D eigenvalue weighted by Gasteiger charge is -2.18. The lowest BCUT2D eigenvalue weighted by molar-refractivity contribution is 0.406. The molecule has 1 atom stereocenters. The van der Waals surface area contributed by atoms with Crippen LogP contribution in [0.3, 0.4) is 0 Å². The molecule has 0 aliphatic carbocycles. The Balaban J connectivity index is 0.00000261. The zero-order chi connectivity index (χ0) is 18.4. The third kappa shape index (κ3) is 5.09. The number of fused-ring (bicyclic) bond motifs is 1. The van der Waals surface area contributed by atoms with E-state index >= 15 is 0 Å². The third-order valence-corrected chi connectivity index (χ3v) is 4.27. The van der Waals surface area contributed by atoms with Gasteiger partial charge in [0.1, 0.15) is 5.75 Å². The lowest BCUT2D eigenvalue weighted by Crippen LogP contribution is -2.39. The highest BCUT2D eigenvalue weighted by Gasteiger charge is 2.12. The van der Waals surface area contributed by atoms with Crippen LogP contribution in [-0.4, -0.2) is 41.3 Å². The second-order valence-electron chi connectivity index (χ2n) is 5.99. The van der Waals surface area contributed by atoms with E-state index in [1.165, 1.54) is 5.56 Å². The quantitative estimate of drug-likeness (QED) is 0.323. The summed E-state index contributed by atoms with van der Waals surface area (Å²) in [5, 5.41) is 15.0. The summed E-state index contributed by atoms with van der Waals surface area (Å²) in [5.41, 5.74) is 2.00. The summed E-state index contributed by atoms with van der Waals surface area (Å²) < 4.78 is 7.40. The van der Waals surface area contributed by atoms with Crippen LogP contribution in [0.4, 0.5) is 0 Å². The molecule has 0 fully saturated rings. The Morgan fingerprint density at radius 2 is 1.93 bits per heavy atom. The van der Waals surface area contributed by atoms with Gasteiger partial charge < -0.3 is 15.4 Å². The molecule has 1 unspecified atom stereocenters. The van der Waals surface area contributed by atoms with Crippen LogP contribution in [0.5, 0.6) is 5.75 Å². The van der Waals surface area contributed by atoms with Crippen molar-refractivity contribution in [2.75, 3.05) is 20.7 Å². The number of nitrogens with zero attached hydrogens (tertiary/aromatic N) is 4. The first-order valence-corrected chi connectivity index (χ1v) is 8.59. The van der Waals surface area contributed by atoms with Gasteiger partial charge in [0.05, 0.1) is 13.7 Å². The number of methoxy groups -OCH3 is 1. The van der Waals surface area contributed by atoms with Crippen LogP contribution in [0, 0.1) is 0 Å². The van der Waals surface area contributed by atoms with Crippen molar-refractivity contribution in [3.05, 3.63) is 60.0 Å². The summed E-state index contributed by atoms with van der Waals surface area (Å²) in [5.74, 6) is 2.74. The maximum Gasteiger partial charge on any atom is 0.191 e. The predicted molar refractivity (Wildman–Crippen MR) is 118 cm³/mol. The highest BCUT2D eigenvalue weighted by molar-refractivity contribution is 14.0. The maximum atomic E-state index is 5.45. The first-order valence-electron chi connectivity index (χ1n) is 8.59. The molecule has 27 heavy (non-hydrogen) atoms. The Labute approximate surface area is 176 Å². The van der Waals surface area contributed by atoms with Gasteiger partial charge in [0.15, 0.2) is 17.4 Å². The molecule has 7 nitrogen and oxygen atoms in total. The molecular formula is C19H25IN6O. The molecule has 0 aliphatic rings. The molecule has 0 aliphatic heterocycles. The summed E-state index contributed by atoms with van der Waals surface area (Å²) in [6.45, 7) is 3.43. The molecule has 0 amide bonds. The molecule has 3 aromatic rings. The van der Waals surface area contributed by atoms with E-state index in [0.717, 1.165) is 29.7 Å². The number of nitrogens with one attached hydrogen (secondary N) is 2. The molecule has 0 radical (unpaired) electrons. The van der Waals surface area contributed by atoms with E-state index in [1.54, 1.807) is 14.2 Å². The van der Waals surface area contributed by atoms with E-state index in [-0.39, 0.29) is 29.9 Å². The van der Waals surface area contributed by atoms with Crippen molar-refractivity contribution in [3.8, 4) is 5.75 Å². The number of pyridine rings is 1. The van der Waals surface area contributed by atoms with Gasteiger partial charge in [-0.05, 0) is 23.8 Å². The Morgan fingerprint density at radius 1 is 1.15 bits per heavy atom. The fourth-order valence-corrected chi connectivity index (χ4v) is 2.83. The van der Waals surface area contributed by atoms with E-state index in [9.17, 15) is 0 Å². The Morgan fingerprint density at radius 3 is 2.70 bits per heavy atom. The van der Waals surface area contributed by atoms with E-state index < -0.39 is 0 Å². The van der Waals surface area contributed by atoms with Crippen molar-refractivity contribution in [1.29, 1.82) is 0 Å². The van der Waals surface area contributed by atoms with Gasteiger partial charge in [0.25, 0.3) is 0 Å². The molecule has 2 heterocycles. The molecule has 0 saturated heterocycles. The monoisotopic (exact) mass is 480 g/mol. The van der Waals surface area contributed by atoms with Crippen molar-refractivity contribution in [3.63, 3.8) is 0 Å². The zero-order valence-corrected chi connectivity index (χ0v) is 18.0. The molecule has 1 aromatic carbocycles. The first-order chi connectivity index (χ1) is 12.7. The van der Waals surface area contributed by atoms with Gasteiger partial charge in [-0.15, -0.1) is 34.2 Å². The number of rotatable bonds is 6. The Kier molecular flexibility index (Phi) is 7.83. The molecule has 0 saturated carbocycles. The summed E-state index contributed by atoms with van der Waals surface area (Å²) >= 11 is 0. The number of para-hydroxylation sites is 1. The number of halogens is 1. The lowest BCUT2D eigenvalue weighted by atomic mass is 10.0. The van der Waals surface area contributed by atoms with Gasteiger partial charge >= 0.3 is 0 Å². The average Bonchev–Trinajstić information content (AvgIpc) is 3.11. The van der Waals surface area contributed by atoms with E-state index in [4.69, 9.17) is 4.74 Å². The number of benzene rings is 1. The van der Waals surface area contributed by atoms with E-state index in [0.29, 0.717) is 6.54 Å². The molecule has 144 valence electrons. The highest BCUT2D eigenvalue weighted by atomic mass is 127. The van der Waals surface area contributed by atoms with Crippen LogP contribution < -0.4 is 15.4 Å². The van der Waals surface area contributed by atoms with Gasteiger partial charge in [0.2, 0.25) is 0 Å². The van der Waals surface area contributed by atoms with Gasteiger partial charge in [-0.2, -0.15) is 0 Å². The highest BCUT2D eigenvalue weighted by Crippen LogP contribution is 2.25. The maximum absolute atomic E-state index is 5.45. The number of hydrogen-bond acceptors (Lipinski definition) is 4. The number of hydrogen-bond donors (Lipinski definition) is 2. The van der Waals surface area contributed by atoms with Crippen molar-refractivity contribution in [2.24, 2.45) is 4.99 Å². The fraction of sp³-hybridized carbons (Fsp3) is 0.316. The second kappa shape index (κ2) is 10.1. The van der Waals surface area contributed by atoms with Crippen molar-refractivity contribution >= 4 is 35.6 Å². The van der Waals surface area contributed by atoms with Crippen LogP contribution in [0.25, 0.3) is 5.65 Å². The summed E-state index contributed by atoms with van der Waals surface area (Å²) in [6.07, 6.45) is 1.95. The number of aliphatic imine (C=N–C) groups is 1. The molecule has 0 bridgehead atoms. The van der Waals surface area contributed by atoms with Gasteiger partial charge in [-0.3, -0.25) is 9.39 Å². The average molecular weight is 480 g/mol. The Hall–Kier alpha value is -2.36. The molecule has 0 spiro atoms. The number of ether oxygens (including phenoxy) is 1. The van der Waals surface area contributed by atoms with Gasteiger partial charge in [0, 0.05) is 25.7 Å². The second-order valence-corrected chi connectivity index (χ2v) is 5.99. The van der Waals surface area contributed by atoms with Gasteiger partial charge in [-0.25, -0.2) is 0 Å². The summed E-state index contributed by atoms with van der Waals surface area (Å²) in [4.78, 5) is 4.28. The third-order valence-electron chi connectivity index (χ3n) is 4.27.